The summed E-state index contributed by atoms with van der Waals surface area (Å²) >= 11 is 0. The van der Waals surface area contributed by atoms with Crippen molar-refractivity contribution in [3.8, 4) is 6.07 Å². The Morgan fingerprint density at radius 1 is 1.00 bits per heavy atom. The van der Waals surface area contributed by atoms with Crippen LogP contribution < -0.4 is 5.32 Å². The molecule has 0 atom stereocenters. The largest absolute Gasteiger partial charge is 0.355 e. The summed E-state index contributed by atoms with van der Waals surface area (Å²) in [5.41, 5.74) is 5.09. The molecule has 0 saturated heterocycles. The average Bonchev–Trinajstić information content (AvgIpc) is 2.38. The lowest BCUT2D eigenvalue weighted by atomic mass is 9.72. The van der Waals surface area contributed by atoms with Crippen LogP contribution in [0.15, 0.2) is 42.5 Å². The van der Waals surface area contributed by atoms with Gasteiger partial charge in [-0.1, -0.05) is 38.1 Å². The van der Waals surface area contributed by atoms with Crippen molar-refractivity contribution < 1.29 is 0 Å². The molecule has 1 aliphatic rings. The Bertz CT molecular complexity index is 663. The first-order valence-corrected chi connectivity index (χ1v) is 6.04. The normalized spacial score (nSPS) is 14.9. The Kier molecular flexibility index (Phi) is 2.18. The third-order valence-electron chi connectivity index (χ3n) is 3.68. The Labute approximate surface area is 107 Å². The molecule has 0 aliphatic carbocycles. The van der Waals surface area contributed by atoms with Gasteiger partial charge >= 0.3 is 0 Å². The smallest absolute Gasteiger partial charge is 0.0995 e. The van der Waals surface area contributed by atoms with E-state index in [-0.39, 0.29) is 5.41 Å². The molecule has 0 radical (unpaired) electrons. The van der Waals surface area contributed by atoms with Crippen LogP contribution in [-0.4, -0.2) is 0 Å². The number of anilines is 2. The molecule has 2 aromatic carbocycles. The van der Waals surface area contributed by atoms with Crippen LogP contribution in [0.25, 0.3) is 0 Å². The first kappa shape index (κ1) is 10.9. The lowest BCUT2D eigenvalue weighted by Gasteiger charge is -2.36. The minimum Gasteiger partial charge on any atom is -0.355 e. The van der Waals surface area contributed by atoms with Gasteiger partial charge in [-0.25, -0.2) is 0 Å². The number of hydrogen-bond acceptors (Lipinski definition) is 2. The fourth-order valence-corrected chi connectivity index (χ4v) is 2.84. The van der Waals surface area contributed by atoms with Crippen molar-refractivity contribution >= 4 is 11.4 Å². The van der Waals surface area contributed by atoms with Crippen LogP contribution in [-0.2, 0) is 5.41 Å². The molecular formula is C16H14N2. The third-order valence-corrected chi connectivity index (χ3v) is 3.68. The van der Waals surface area contributed by atoms with E-state index in [4.69, 9.17) is 0 Å². The number of fused-ring (bicyclic) bond motifs is 2. The van der Waals surface area contributed by atoms with Gasteiger partial charge in [-0.3, -0.25) is 0 Å². The van der Waals surface area contributed by atoms with Crippen molar-refractivity contribution in [2.45, 2.75) is 19.3 Å². The van der Waals surface area contributed by atoms with Gasteiger partial charge < -0.3 is 5.32 Å². The van der Waals surface area contributed by atoms with Crippen LogP contribution in [0.4, 0.5) is 11.4 Å². The minimum atomic E-state index is -0.149. The molecule has 0 aromatic heterocycles. The molecule has 0 bridgehead atoms. The summed E-state index contributed by atoms with van der Waals surface area (Å²) in [6.07, 6.45) is 0. The van der Waals surface area contributed by atoms with Gasteiger partial charge in [-0.2, -0.15) is 5.26 Å². The molecule has 88 valence electrons. The first-order chi connectivity index (χ1) is 8.64. The van der Waals surface area contributed by atoms with Crippen molar-refractivity contribution in [1.29, 1.82) is 5.26 Å². The first-order valence-electron chi connectivity index (χ1n) is 6.04. The summed E-state index contributed by atoms with van der Waals surface area (Å²) in [5, 5.41) is 12.7. The Balaban J connectivity index is 2.33. The summed E-state index contributed by atoms with van der Waals surface area (Å²) in [7, 11) is 0. The number of nitriles is 1. The zero-order valence-corrected chi connectivity index (χ0v) is 10.5. The van der Waals surface area contributed by atoms with E-state index in [0.717, 1.165) is 22.5 Å². The summed E-state index contributed by atoms with van der Waals surface area (Å²) < 4.78 is 0. The van der Waals surface area contributed by atoms with E-state index < -0.39 is 0 Å². The van der Waals surface area contributed by atoms with E-state index in [0.29, 0.717) is 0 Å². The predicted octanol–water partition coefficient (Wildman–Crippen LogP) is 3.94. The molecule has 0 amide bonds. The van der Waals surface area contributed by atoms with E-state index in [1.165, 1.54) is 5.56 Å². The minimum absolute atomic E-state index is 0.149. The number of nitrogens with one attached hydrogen (secondary N) is 1. The quantitative estimate of drug-likeness (QED) is 0.749. The lowest BCUT2D eigenvalue weighted by molar-refractivity contribution is 0.636. The number of nitrogens with zero attached hydrogens (tertiary/aromatic N) is 1. The monoisotopic (exact) mass is 234 g/mol. The fraction of sp³-hybridized carbons (Fsp3) is 0.188. The average molecular weight is 234 g/mol. The highest BCUT2D eigenvalue weighted by Crippen LogP contribution is 2.46. The highest BCUT2D eigenvalue weighted by molar-refractivity contribution is 5.77. The zero-order chi connectivity index (χ0) is 12.8. The molecule has 18 heavy (non-hydrogen) atoms. The van der Waals surface area contributed by atoms with Gasteiger partial charge in [0, 0.05) is 22.4 Å². The maximum atomic E-state index is 9.30. The van der Waals surface area contributed by atoms with Crippen LogP contribution in [0.2, 0.25) is 0 Å². The fourth-order valence-electron chi connectivity index (χ4n) is 2.84. The molecule has 2 aromatic rings. The van der Waals surface area contributed by atoms with Gasteiger partial charge in [0.2, 0.25) is 0 Å². The Hall–Kier alpha value is -2.27. The molecule has 2 nitrogen and oxygen atoms in total. The summed E-state index contributed by atoms with van der Waals surface area (Å²) in [6.45, 7) is 4.35. The number of hydrogen-bond donors (Lipinski definition) is 1. The molecule has 1 heterocycles. The molecule has 1 aliphatic heterocycles. The van der Waals surface area contributed by atoms with E-state index in [1.54, 1.807) is 0 Å². The van der Waals surface area contributed by atoms with Gasteiger partial charge in [0.25, 0.3) is 0 Å². The number of rotatable bonds is 0. The maximum Gasteiger partial charge on any atom is 0.0995 e. The Morgan fingerprint density at radius 3 is 2.50 bits per heavy atom. The highest BCUT2D eigenvalue weighted by atomic mass is 14.9. The van der Waals surface area contributed by atoms with Crippen LogP contribution in [0.5, 0.6) is 0 Å². The van der Waals surface area contributed by atoms with E-state index >= 15 is 0 Å². The van der Waals surface area contributed by atoms with E-state index in [1.807, 2.05) is 30.3 Å². The molecular weight excluding hydrogens is 220 g/mol. The van der Waals surface area contributed by atoms with Crippen LogP contribution in [0.1, 0.15) is 30.5 Å². The molecule has 3 rings (SSSR count). The van der Waals surface area contributed by atoms with Crippen LogP contribution >= 0.6 is 0 Å². The van der Waals surface area contributed by atoms with Gasteiger partial charge in [-0.05, 0) is 23.8 Å². The second-order valence-electron chi connectivity index (χ2n) is 5.14. The van der Waals surface area contributed by atoms with Crippen molar-refractivity contribution in [2.75, 3.05) is 5.32 Å². The molecule has 0 saturated carbocycles. The predicted molar refractivity (Wildman–Crippen MR) is 73.0 cm³/mol. The van der Waals surface area contributed by atoms with Gasteiger partial charge in [0.05, 0.1) is 11.6 Å². The van der Waals surface area contributed by atoms with Crippen LogP contribution in [0.3, 0.4) is 0 Å². The van der Waals surface area contributed by atoms with Crippen LogP contribution in [0, 0.1) is 11.3 Å². The lowest BCUT2D eigenvalue weighted by Crippen LogP contribution is -2.27. The summed E-state index contributed by atoms with van der Waals surface area (Å²) in [5.74, 6) is 0. The Morgan fingerprint density at radius 2 is 1.72 bits per heavy atom. The van der Waals surface area contributed by atoms with Crippen molar-refractivity contribution in [3.63, 3.8) is 0 Å². The molecule has 2 heteroatoms. The molecule has 1 N–H and O–H groups in total. The van der Waals surface area contributed by atoms with Gasteiger partial charge in [0.15, 0.2) is 0 Å². The zero-order valence-electron chi connectivity index (χ0n) is 10.5. The molecule has 0 spiro atoms. The third kappa shape index (κ3) is 1.34. The number of benzene rings is 2. The van der Waals surface area contributed by atoms with Gasteiger partial charge in [-0.15, -0.1) is 0 Å². The molecule has 0 fully saturated rings. The standard InChI is InChI=1S/C16H14N2/c1-16(2)12-7-3-4-8-13(12)18-14-9-5-6-11(10-17)15(14)16/h3-9,18H,1-2H3. The summed E-state index contributed by atoms with van der Waals surface area (Å²) in [4.78, 5) is 0. The van der Waals surface area contributed by atoms with Crippen molar-refractivity contribution in [1.82, 2.24) is 0 Å². The van der Waals surface area contributed by atoms with Gasteiger partial charge in [0.1, 0.15) is 0 Å². The second kappa shape index (κ2) is 3.61. The topological polar surface area (TPSA) is 35.8 Å². The maximum absolute atomic E-state index is 9.30. The van der Waals surface area contributed by atoms with Crippen molar-refractivity contribution in [2.24, 2.45) is 0 Å². The van der Waals surface area contributed by atoms with E-state index in [2.05, 4.69) is 37.4 Å². The molecule has 0 unspecified atom stereocenters. The highest BCUT2D eigenvalue weighted by Gasteiger charge is 2.34. The second-order valence-corrected chi connectivity index (χ2v) is 5.14. The number of para-hydroxylation sites is 1. The van der Waals surface area contributed by atoms with E-state index in [9.17, 15) is 5.26 Å². The van der Waals surface area contributed by atoms with Crippen molar-refractivity contribution in [3.05, 3.63) is 59.2 Å². The summed E-state index contributed by atoms with van der Waals surface area (Å²) in [6, 6.07) is 16.4. The SMILES string of the molecule is CC1(C)c2ccccc2Nc2cccc(C#N)c21.